The molecule has 0 saturated carbocycles. The maximum Gasteiger partial charge on any atom is 0.490 e. The Morgan fingerprint density at radius 3 is 1.36 bits per heavy atom. The molecule has 16 nitrogen and oxygen atoms in total. The molecule has 360 valence electrons. The highest BCUT2D eigenvalue weighted by Crippen LogP contribution is 2.27. The summed E-state index contributed by atoms with van der Waals surface area (Å²) in [4.78, 5) is 55.5. The summed E-state index contributed by atoms with van der Waals surface area (Å²) in [6.45, 7) is 2.12. The second-order valence-electron chi connectivity index (χ2n) is 11.4. The molecule has 2 aromatic heterocycles. The first-order valence-corrected chi connectivity index (χ1v) is 16.2. The predicted octanol–water partition coefficient (Wildman–Crippen LogP) is 7.05. The Balaban J connectivity index is 0. The van der Waals surface area contributed by atoms with Crippen LogP contribution in [-0.4, -0.2) is 128 Å². The number of hydrogen-bond donors (Lipinski definition) is 6. The van der Waals surface area contributed by atoms with Crippen LogP contribution in [0, 0.1) is 0 Å². The van der Waals surface area contributed by atoms with Crippen molar-refractivity contribution in [3.8, 4) is 0 Å². The van der Waals surface area contributed by atoms with Gasteiger partial charge in [-0.3, -0.25) is 0 Å². The molecule has 7 N–H and O–H groups in total. The van der Waals surface area contributed by atoms with E-state index in [9.17, 15) is 65.9 Å². The number of hydrogen-bond acceptors (Lipinski definition) is 10. The first-order chi connectivity index (χ1) is 28.8. The van der Waals surface area contributed by atoms with E-state index in [2.05, 4.69) is 63.9 Å². The van der Waals surface area contributed by atoms with Crippen LogP contribution in [-0.2, 0) is 41.7 Å². The topological polar surface area (TPSA) is 256 Å². The molecule has 0 unspecified atom stereocenters. The molecule has 0 amide bonds. The third-order valence-corrected chi connectivity index (χ3v) is 6.38. The largest absolute Gasteiger partial charge is 0.490 e. The lowest BCUT2D eigenvalue weighted by molar-refractivity contribution is -0.193. The number of pyridine rings is 1. The normalized spacial score (nSPS) is 11.3. The van der Waals surface area contributed by atoms with Gasteiger partial charge >= 0.3 is 60.7 Å². The minimum Gasteiger partial charge on any atom is -0.475 e. The number of para-hydroxylation sites is 1. The van der Waals surface area contributed by atoms with Crippen LogP contribution in [0.15, 0.2) is 54.9 Å². The van der Waals surface area contributed by atoms with Crippen LogP contribution in [0.4, 0.5) is 77.4 Å². The minimum atomic E-state index is -5.08. The summed E-state index contributed by atoms with van der Waals surface area (Å²) in [7, 11) is 4.11. The highest BCUT2D eigenvalue weighted by molar-refractivity contribution is 6.06. The molecule has 31 heteroatoms. The molecule has 0 aliphatic heterocycles. The zero-order valence-corrected chi connectivity index (χ0v) is 32.0. The quantitative estimate of drug-likeness (QED) is 0.0764. The lowest BCUT2D eigenvalue weighted by atomic mass is 10.1. The standard InChI is InChI=1S/C23H27N5O.5C2HF3O2/c1-27(2)18-11-9-17(10-12-18)6-5-14-29-15-13-28-16-25-21-22(28)19-7-3-4-8-20(19)26-23(21)24;5*3-2(4,5)1(6)7/h3-4,7-12,16H,5-6,13-15H2,1-2H3,(H2,24,26);5*(H,6,7). The van der Waals surface area contributed by atoms with Gasteiger partial charge in [-0.25, -0.2) is 33.9 Å². The van der Waals surface area contributed by atoms with E-state index in [0.29, 0.717) is 12.4 Å². The molecule has 4 aromatic rings. The monoisotopic (exact) mass is 959 g/mol. The third-order valence-electron chi connectivity index (χ3n) is 6.38. The van der Waals surface area contributed by atoms with Crippen molar-refractivity contribution in [3.63, 3.8) is 0 Å². The number of fused-ring (bicyclic) bond motifs is 3. The fraction of sp³-hybridized carbons (Fsp3) is 0.364. The number of nitrogens with zero attached hydrogens (tertiary/aromatic N) is 4. The van der Waals surface area contributed by atoms with E-state index < -0.39 is 60.7 Å². The molecule has 0 aliphatic rings. The summed E-state index contributed by atoms with van der Waals surface area (Å²) in [6, 6.07) is 16.7. The van der Waals surface area contributed by atoms with Gasteiger partial charge in [-0.1, -0.05) is 30.3 Å². The van der Waals surface area contributed by atoms with Crippen LogP contribution in [0.2, 0.25) is 0 Å². The summed E-state index contributed by atoms with van der Waals surface area (Å²) in [5.41, 5.74) is 11.3. The van der Waals surface area contributed by atoms with Crippen molar-refractivity contribution >= 4 is 63.3 Å². The summed E-state index contributed by atoms with van der Waals surface area (Å²) < 4.78 is 167. The number of aryl methyl sites for hydroxylation is 1. The van der Waals surface area contributed by atoms with E-state index in [-0.39, 0.29) is 0 Å². The van der Waals surface area contributed by atoms with Gasteiger partial charge in [-0.2, -0.15) is 65.9 Å². The van der Waals surface area contributed by atoms with E-state index in [0.717, 1.165) is 47.9 Å². The van der Waals surface area contributed by atoms with Crippen LogP contribution in [0.1, 0.15) is 12.0 Å². The Morgan fingerprint density at radius 1 is 0.625 bits per heavy atom. The van der Waals surface area contributed by atoms with E-state index in [4.69, 9.17) is 60.0 Å². The van der Waals surface area contributed by atoms with Crippen molar-refractivity contribution in [3.05, 3.63) is 60.4 Å². The number of carboxylic acids is 5. The van der Waals surface area contributed by atoms with Gasteiger partial charge in [0.2, 0.25) is 0 Å². The average Bonchev–Trinajstić information content (AvgIpc) is 3.57. The predicted molar refractivity (Wildman–Crippen MR) is 188 cm³/mol. The molecule has 0 aliphatic carbocycles. The van der Waals surface area contributed by atoms with Gasteiger partial charge in [0.15, 0.2) is 5.82 Å². The van der Waals surface area contributed by atoms with E-state index in [1.807, 2.05) is 24.5 Å². The second-order valence-corrected chi connectivity index (χ2v) is 11.4. The Kier molecular flexibility index (Phi) is 23.5. The van der Waals surface area contributed by atoms with Crippen molar-refractivity contribution in [2.24, 2.45) is 0 Å². The number of carboxylic acid groups (broad SMARTS) is 5. The van der Waals surface area contributed by atoms with Gasteiger partial charge in [0, 0.05) is 38.3 Å². The van der Waals surface area contributed by atoms with Gasteiger partial charge < -0.3 is 45.5 Å². The van der Waals surface area contributed by atoms with Crippen LogP contribution in [0.5, 0.6) is 0 Å². The summed E-state index contributed by atoms with van der Waals surface area (Å²) in [6.07, 6.45) is -21.6. The van der Waals surface area contributed by atoms with Crippen LogP contribution < -0.4 is 10.6 Å². The highest BCUT2D eigenvalue weighted by Gasteiger charge is 2.40. The average molecular weight is 960 g/mol. The lowest BCUT2D eigenvalue weighted by Gasteiger charge is -2.12. The van der Waals surface area contributed by atoms with Crippen molar-refractivity contribution < 1.29 is 120 Å². The Labute approximate surface area is 346 Å². The number of rotatable bonds is 8. The number of alkyl halides is 15. The van der Waals surface area contributed by atoms with Gasteiger partial charge in [-0.15, -0.1) is 0 Å². The summed E-state index contributed by atoms with van der Waals surface area (Å²) in [5.74, 6) is -13.3. The minimum absolute atomic E-state index is 0.471. The number of benzene rings is 2. The number of ether oxygens (including phenoxy) is 1. The molecule has 4 rings (SSSR count). The molecular formula is C33H32F15N5O11. The van der Waals surface area contributed by atoms with E-state index in [1.54, 1.807) is 0 Å². The molecule has 0 atom stereocenters. The Hall–Kier alpha value is -6.82. The molecule has 2 heterocycles. The molecule has 0 saturated heterocycles. The number of nitrogen functional groups attached to an aromatic ring is 1. The smallest absolute Gasteiger partial charge is 0.475 e. The molecule has 2 aromatic carbocycles. The van der Waals surface area contributed by atoms with Crippen LogP contribution in [0.3, 0.4) is 0 Å². The number of imidazole rings is 1. The summed E-state index contributed by atoms with van der Waals surface area (Å²) >= 11 is 0. The molecule has 64 heavy (non-hydrogen) atoms. The van der Waals surface area contributed by atoms with Crippen LogP contribution in [0.25, 0.3) is 21.9 Å². The maximum atomic E-state index is 10.6. The van der Waals surface area contributed by atoms with E-state index >= 15 is 0 Å². The molecule has 0 spiro atoms. The van der Waals surface area contributed by atoms with Crippen molar-refractivity contribution in [2.45, 2.75) is 50.3 Å². The molecular weight excluding hydrogens is 927 g/mol. The molecule has 0 radical (unpaired) electrons. The number of aliphatic carboxylic acids is 5. The lowest BCUT2D eigenvalue weighted by Crippen LogP contribution is -2.21. The van der Waals surface area contributed by atoms with Crippen molar-refractivity contribution in [2.75, 3.05) is 37.9 Å². The summed E-state index contributed by atoms with van der Waals surface area (Å²) in [5, 5.41) is 36.7. The molecule has 0 fully saturated rings. The maximum absolute atomic E-state index is 10.6. The zero-order chi connectivity index (χ0) is 50.6. The first kappa shape index (κ1) is 59.3. The van der Waals surface area contributed by atoms with Gasteiger partial charge in [0.1, 0.15) is 5.52 Å². The SMILES string of the molecule is CN(C)c1ccc(CCCOCCn2cnc3c(N)nc4ccccc4c32)cc1.O=C(O)C(F)(F)F.O=C(O)C(F)(F)F.O=C(O)C(F)(F)F.O=C(O)C(F)(F)F.O=C(O)C(F)(F)F. The first-order valence-electron chi connectivity index (χ1n) is 16.2. The Morgan fingerprint density at radius 2 is 1.00 bits per heavy atom. The number of carbonyl (C=O) groups is 5. The van der Waals surface area contributed by atoms with Gasteiger partial charge in [-0.05, 0) is 36.6 Å². The number of halogens is 15. The van der Waals surface area contributed by atoms with Crippen molar-refractivity contribution in [1.29, 1.82) is 0 Å². The fourth-order valence-corrected chi connectivity index (χ4v) is 3.58. The highest BCUT2D eigenvalue weighted by atomic mass is 19.4. The molecule has 0 bridgehead atoms. The third kappa shape index (κ3) is 24.0. The number of nitrogens with two attached hydrogens (primary N) is 1. The fourth-order valence-electron chi connectivity index (χ4n) is 3.58. The van der Waals surface area contributed by atoms with Crippen LogP contribution >= 0.6 is 0 Å². The van der Waals surface area contributed by atoms with Gasteiger partial charge in [0.05, 0.1) is 24.0 Å². The Bertz CT molecular complexity index is 1980. The second kappa shape index (κ2) is 25.3. The number of anilines is 2. The van der Waals surface area contributed by atoms with Crippen molar-refractivity contribution in [1.82, 2.24) is 14.5 Å². The van der Waals surface area contributed by atoms with Gasteiger partial charge in [0.25, 0.3) is 0 Å². The number of aromatic nitrogens is 3. The van der Waals surface area contributed by atoms with E-state index in [1.165, 1.54) is 11.3 Å². The zero-order valence-electron chi connectivity index (χ0n) is 32.0.